The van der Waals surface area contributed by atoms with Crippen LogP contribution in [0, 0.1) is 5.92 Å². The van der Waals surface area contributed by atoms with E-state index in [1.54, 1.807) is 26.0 Å². The summed E-state index contributed by atoms with van der Waals surface area (Å²) in [5.41, 5.74) is 6.10. The molecule has 0 unspecified atom stereocenters. The molecule has 3 amide bonds. The monoisotopic (exact) mass is 370 g/mol. The number of amides is 3. The predicted octanol–water partition coefficient (Wildman–Crippen LogP) is 0.906. The Hall–Kier alpha value is -3.62. The molecule has 0 bridgehead atoms. The molecule has 140 valence electrons. The van der Waals surface area contributed by atoms with Gasteiger partial charge in [-0.25, -0.2) is 0 Å². The smallest absolute Gasteiger partial charge is 0.262 e. The first kappa shape index (κ1) is 18.2. The van der Waals surface area contributed by atoms with E-state index in [1.165, 1.54) is 13.2 Å². The number of carbonyl (C=O) groups is 3. The summed E-state index contributed by atoms with van der Waals surface area (Å²) in [5, 5.41) is 4.84. The standard InChI is InChI=1S/C18H18N4O5/c1-8(2)16(24)20-11-5-4-9(6-12(11)27-3)22-13(23)7-10-14(15(22)19)18(26)21-17(10)25/h4-8H,19H2,1-3H3,(H,20,24)(H,21,25,26). The summed E-state index contributed by atoms with van der Waals surface area (Å²) in [5.74, 6) is -1.56. The number of nitrogens with zero attached hydrogens (tertiary/aromatic N) is 1. The van der Waals surface area contributed by atoms with Crippen molar-refractivity contribution < 1.29 is 19.1 Å². The highest BCUT2D eigenvalue weighted by molar-refractivity contribution is 6.23. The Morgan fingerprint density at radius 1 is 1.19 bits per heavy atom. The Balaban J connectivity index is 2.12. The molecular weight excluding hydrogens is 352 g/mol. The molecule has 27 heavy (non-hydrogen) atoms. The van der Waals surface area contributed by atoms with Crippen LogP contribution in [0.3, 0.4) is 0 Å². The number of hydrogen-bond donors (Lipinski definition) is 3. The minimum atomic E-state index is -0.658. The molecule has 1 aromatic heterocycles. The van der Waals surface area contributed by atoms with Gasteiger partial charge in [-0.1, -0.05) is 13.8 Å². The van der Waals surface area contributed by atoms with Crippen LogP contribution in [0.5, 0.6) is 5.75 Å². The van der Waals surface area contributed by atoms with E-state index in [2.05, 4.69) is 10.6 Å². The van der Waals surface area contributed by atoms with Crippen molar-refractivity contribution in [3.05, 3.63) is 45.7 Å². The second-order valence-corrected chi connectivity index (χ2v) is 6.30. The zero-order valence-corrected chi connectivity index (χ0v) is 15.0. The lowest BCUT2D eigenvalue weighted by Crippen LogP contribution is -2.24. The molecule has 1 aliphatic rings. The first-order valence-corrected chi connectivity index (χ1v) is 8.15. The van der Waals surface area contributed by atoms with Gasteiger partial charge >= 0.3 is 0 Å². The van der Waals surface area contributed by atoms with E-state index in [1.807, 2.05) is 0 Å². The van der Waals surface area contributed by atoms with Crippen molar-refractivity contribution in [1.82, 2.24) is 9.88 Å². The van der Waals surface area contributed by atoms with Gasteiger partial charge in [0.15, 0.2) is 0 Å². The highest BCUT2D eigenvalue weighted by Gasteiger charge is 2.32. The second-order valence-electron chi connectivity index (χ2n) is 6.30. The number of nitrogens with two attached hydrogens (primary N) is 1. The minimum Gasteiger partial charge on any atom is -0.494 e. The van der Waals surface area contributed by atoms with E-state index in [9.17, 15) is 19.2 Å². The van der Waals surface area contributed by atoms with Gasteiger partial charge in [0.25, 0.3) is 17.4 Å². The Labute approximate surface area is 154 Å². The lowest BCUT2D eigenvalue weighted by atomic mass is 10.1. The van der Waals surface area contributed by atoms with Crippen LogP contribution in [0.4, 0.5) is 11.5 Å². The number of aromatic nitrogens is 1. The van der Waals surface area contributed by atoms with Crippen molar-refractivity contribution in [3.63, 3.8) is 0 Å². The Bertz CT molecular complexity index is 1040. The summed E-state index contributed by atoms with van der Waals surface area (Å²) in [6.07, 6.45) is 0. The molecule has 3 rings (SSSR count). The number of imide groups is 1. The maximum Gasteiger partial charge on any atom is 0.262 e. The molecule has 0 saturated carbocycles. The van der Waals surface area contributed by atoms with Gasteiger partial charge in [0.05, 0.1) is 29.6 Å². The first-order valence-electron chi connectivity index (χ1n) is 8.15. The zero-order valence-electron chi connectivity index (χ0n) is 15.0. The molecule has 0 radical (unpaired) electrons. The third-order valence-electron chi connectivity index (χ3n) is 4.18. The van der Waals surface area contributed by atoms with Gasteiger partial charge in [-0.2, -0.15) is 0 Å². The van der Waals surface area contributed by atoms with Crippen LogP contribution in [0.1, 0.15) is 34.6 Å². The van der Waals surface area contributed by atoms with Crippen molar-refractivity contribution in [1.29, 1.82) is 0 Å². The molecule has 4 N–H and O–H groups in total. The zero-order chi connectivity index (χ0) is 19.9. The average molecular weight is 370 g/mol. The van der Waals surface area contributed by atoms with E-state index in [-0.39, 0.29) is 28.8 Å². The maximum atomic E-state index is 12.5. The molecule has 2 aromatic rings. The summed E-state index contributed by atoms with van der Waals surface area (Å²) in [6.45, 7) is 3.51. The molecule has 1 aromatic carbocycles. The van der Waals surface area contributed by atoms with Gasteiger partial charge in [0.1, 0.15) is 11.6 Å². The summed E-state index contributed by atoms with van der Waals surface area (Å²) in [6, 6.07) is 5.69. The van der Waals surface area contributed by atoms with Gasteiger partial charge in [-0.3, -0.25) is 29.1 Å². The van der Waals surface area contributed by atoms with E-state index in [0.29, 0.717) is 17.1 Å². The fourth-order valence-electron chi connectivity index (χ4n) is 2.75. The summed E-state index contributed by atoms with van der Waals surface area (Å²) >= 11 is 0. The number of anilines is 2. The molecule has 0 saturated heterocycles. The Kier molecular flexibility index (Phi) is 4.44. The lowest BCUT2D eigenvalue weighted by Gasteiger charge is -2.16. The van der Waals surface area contributed by atoms with Crippen LogP contribution in [0.25, 0.3) is 5.69 Å². The molecule has 0 fully saturated rings. The maximum absolute atomic E-state index is 12.5. The van der Waals surface area contributed by atoms with Crippen molar-refractivity contribution in [2.75, 3.05) is 18.2 Å². The topological polar surface area (TPSA) is 133 Å². The van der Waals surface area contributed by atoms with Crippen LogP contribution >= 0.6 is 0 Å². The van der Waals surface area contributed by atoms with E-state index < -0.39 is 17.4 Å². The molecule has 0 spiro atoms. The number of benzene rings is 1. The van der Waals surface area contributed by atoms with Gasteiger partial charge < -0.3 is 15.8 Å². The van der Waals surface area contributed by atoms with Crippen molar-refractivity contribution >= 4 is 29.2 Å². The SMILES string of the molecule is COc1cc(-n2c(N)c3c(cc2=O)C(=O)NC3=O)ccc1NC(=O)C(C)C. The molecule has 1 aliphatic heterocycles. The molecule has 2 heterocycles. The number of ether oxygens (including phenoxy) is 1. The third kappa shape index (κ3) is 3.03. The molecular formula is C18H18N4O5. The number of carbonyl (C=O) groups excluding carboxylic acids is 3. The predicted molar refractivity (Wildman–Crippen MR) is 98.3 cm³/mol. The van der Waals surface area contributed by atoms with E-state index in [0.717, 1.165) is 10.6 Å². The highest BCUT2D eigenvalue weighted by Crippen LogP contribution is 2.29. The van der Waals surface area contributed by atoms with Gasteiger partial charge in [0.2, 0.25) is 5.91 Å². The van der Waals surface area contributed by atoms with Gasteiger partial charge in [-0.15, -0.1) is 0 Å². The number of hydrogen-bond acceptors (Lipinski definition) is 6. The Morgan fingerprint density at radius 3 is 2.52 bits per heavy atom. The second kappa shape index (κ2) is 6.60. The van der Waals surface area contributed by atoms with Crippen molar-refractivity contribution in [2.45, 2.75) is 13.8 Å². The lowest BCUT2D eigenvalue weighted by molar-refractivity contribution is -0.118. The molecule has 0 aliphatic carbocycles. The fraction of sp³-hybridized carbons (Fsp3) is 0.222. The van der Waals surface area contributed by atoms with Crippen molar-refractivity contribution in [2.24, 2.45) is 5.92 Å². The van der Waals surface area contributed by atoms with E-state index >= 15 is 0 Å². The molecule has 9 heteroatoms. The van der Waals surface area contributed by atoms with E-state index in [4.69, 9.17) is 10.5 Å². The van der Waals surface area contributed by atoms with Crippen LogP contribution in [-0.4, -0.2) is 29.4 Å². The summed E-state index contributed by atoms with van der Waals surface area (Å²) in [7, 11) is 1.42. The third-order valence-corrected chi connectivity index (χ3v) is 4.18. The quantitative estimate of drug-likeness (QED) is 0.685. The fourth-order valence-corrected chi connectivity index (χ4v) is 2.75. The minimum absolute atomic E-state index is 0.0456. The number of nitrogens with one attached hydrogen (secondary N) is 2. The van der Waals surface area contributed by atoms with Gasteiger partial charge in [0, 0.05) is 18.1 Å². The number of fused-ring (bicyclic) bond motifs is 1. The number of rotatable bonds is 4. The number of nitrogen functional groups attached to an aromatic ring is 1. The normalized spacial score (nSPS) is 12.7. The average Bonchev–Trinajstić information content (AvgIpc) is 2.89. The van der Waals surface area contributed by atoms with Crippen LogP contribution in [0.15, 0.2) is 29.1 Å². The highest BCUT2D eigenvalue weighted by atomic mass is 16.5. The number of methoxy groups -OCH3 is 1. The summed E-state index contributed by atoms with van der Waals surface area (Å²) in [4.78, 5) is 48.1. The van der Waals surface area contributed by atoms with Crippen LogP contribution in [0.2, 0.25) is 0 Å². The number of pyridine rings is 1. The van der Waals surface area contributed by atoms with Crippen LogP contribution < -0.4 is 26.7 Å². The summed E-state index contributed by atoms with van der Waals surface area (Å²) < 4.78 is 6.40. The molecule has 9 nitrogen and oxygen atoms in total. The first-order chi connectivity index (χ1) is 12.7. The molecule has 0 atom stereocenters. The van der Waals surface area contributed by atoms with Crippen molar-refractivity contribution in [3.8, 4) is 11.4 Å². The van der Waals surface area contributed by atoms with Crippen LogP contribution in [-0.2, 0) is 4.79 Å². The van der Waals surface area contributed by atoms with Gasteiger partial charge in [-0.05, 0) is 12.1 Å². The largest absolute Gasteiger partial charge is 0.494 e. The Morgan fingerprint density at radius 2 is 1.89 bits per heavy atom.